The molecule has 7 heteroatoms. The van der Waals surface area contributed by atoms with Gasteiger partial charge in [0.2, 0.25) is 5.76 Å². The lowest BCUT2D eigenvalue weighted by molar-refractivity contribution is 0.0486. The Hall–Kier alpha value is -4.10. The third-order valence-corrected chi connectivity index (χ3v) is 7.37. The number of nitrogens with zero attached hydrogens (tertiary/aromatic N) is 1. The first-order valence-corrected chi connectivity index (χ1v) is 13.5. The molecule has 0 bridgehead atoms. The number of hydrogen-bond acceptors (Lipinski definition) is 6. The highest BCUT2D eigenvalue weighted by Gasteiger charge is 2.44. The van der Waals surface area contributed by atoms with Crippen LogP contribution in [-0.4, -0.2) is 36.7 Å². The molecule has 3 heterocycles. The number of benzene rings is 3. The molecule has 0 aliphatic carbocycles. The van der Waals surface area contributed by atoms with E-state index in [4.69, 9.17) is 18.6 Å². The summed E-state index contributed by atoms with van der Waals surface area (Å²) in [5, 5.41) is 0.471. The molecule has 1 fully saturated rings. The molecule has 2 unspecified atom stereocenters. The van der Waals surface area contributed by atoms with Crippen LogP contribution in [-0.2, 0) is 11.3 Å². The normalized spacial score (nSPS) is 18.5. The minimum Gasteiger partial charge on any atom is -0.490 e. The first kappa shape index (κ1) is 25.2. The smallest absolute Gasteiger partial charge is 0.291 e. The Morgan fingerprint density at radius 2 is 1.82 bits per heavy atom. The summed E-state index contributed by atoms with van der Waals surface area (Å²) in [7, 11) is 0. The molecular weight excluding hydrogens is 494 g/mol. The van der Waals surface area contributed by atoms with Crippen LogP contribution in [0.25, 0.3) is 11.0 Å². The fourth-order valence-electron chi connectivity index (χ4n) is 5.49. The second kappa shape index (κ2) is 10.6. The van der Waals surface area contributed by atoms with Crippen LogP contribution < -0.4 is 14.9 Å². The molecule has 2 aliphatic rings. The van der Waals surface area contributed by atoms with Crippen LogP contribution in [0.1, 0.15) is 58.6 Å². The Morgan fingerprint density at radius 1 is 0.974 bits per heavy atom. The van der Waals surface area contributed by atoms with Crippen LogP contribution in [0.15, 0.2) is 75.9 Å². The predicted octanol–water partition coefficient (Wildman–Crippen LogP) is 5.80. The van der Waals surface area contributed by atoms with Gasteiger partial charge in [-0.1, -0.05) is 48.0 Å². The van der Waals surface area contributed by atoms with E-state index in [-0.39, 0.29) is 23.2 Å². The van der Waals surface area contributed by atoms with Crippen LogP contribution in [0.4, 0.5) is 0 Å². The number of fused-ring (bicyclic) bond motifs is 2. The van der Waals surface area contributed by atoms with Gasteiger partial charge in [-0.25, -0.2) is 0 Å². The van der Waals surface area contributed by atoms with Gasteiger partial charge in [-0.15, -0.1) is 0 Å². The van der Waals surface area contributed by atoms with Gasteiger partial charge in [-0.05, 0) is 62.1 Å². The van der Waals surface area contributed by atoms with Crippen molar-refractivity contribution in [3.05, 3.63) is 105 Å². The largest absolute Gasteiger partial charge is 0.490 e. The van der Waals surface area contributed by atoms with E-state index in [2.05, 4.69) is 0 Å². The molecular formula is C32H31NO6. The highest BCUT2D eigenvalue weighted by atomic mass is 16.5. The van der Waals surface area contributed by atoms with Gasteiger partial charge in [0, 0.05) is 13.2 Å². The molecule has 3 aromatic carbocycles. The highest BCUT2D eigenvalue weighted by Crippen LogP contribution is 2.41. The molecule has 1 amide bonds. The lowest BCUT2D eigenvalue weighted by atomic mass is 9.97. The molecule has 0 N–H and O–H groups in total. The van der Waals surface area contributed by atoms with E-state index >= 15 is 0 Å². The van der Waals surface area contributed by atoms with Crippen LogP contribution in [0.2, 0.25) is 0 Å². The Morgan fingerprint density at radius 3 is 2.59 bits per heavy atom. The van der Waals surface area contributed by atoms with Gasteiger partial charge in [-0.3, -0.25) is 9.59 Å². The first-order chi connectivity index (χ1) is 19.0. The predicted molar refractivity (Wildman–Crippen MR) is 147 cm³/mol. The summed E-state index contributed by atoms with van der Waals surface area (Å²) in [6.45, 7) is 5.73. The molecule has 0 spiro atoms. The number of carbonyl (C=O) groups excluding carboxylic acids is 1. The molecule has 2 atom stereocenters. The van der Waals surface area contributed by atoms with Crippen molar-refractivity contribution >= 4 is 16.9 Å². The van der Waals surface area contributed by atoms with Crippen molar-refractivity contribution in [2.45, 2.75) is 45.4 Å². The minimum atomic E-state index is -0.625. The molecule has 1 aromatic heterocycles. The van der Waals surface area contributed by atoms with Crippen LogP contribution in [0.5, 0.6) is 11.5 Å². The SMILES string of the molecule is CCOc1cc(C2c3c(oc4ccc(C)cc4c3=O)C(=O)N2CC2CCCO2)ccc1OCc1ccccc1. The number of amides is 1. The summed E-state index contributed by atoms with van der Waals surface area (Å²) in [4.78, 5) is 29.4. The Labute approximate surface area is 226 Å². The first-order valence-electron chi connectivity index (χ1n) is 13.5. The maximum atomic E-state index is 13.9. The maximum absolute atomic E-state index is 13.9. The van der Waals surface area contributed by atoms with Gasteiger partial charge in [0.15, 0.2) is 16.9 Å². The van der Waals surface area contributed by atoms with Crippen LogP contribution in [0, 0.1) is 6.92 Å². The molecule has 7 nitrogen and oxygen atoms in total. The lowest BCUT2D eigenvalue weighted by Gasteiger charge is -2.28. The zero-order valence-electron chi connectivity index (χ0n) is 22.1. The fraction of sp³-hybridized carbons (Fsp3) is 0.312. The van der Waals surface area contributed by atoms with Crippen molar-refractivity contribution in [2.75, 3.05) is 19.8 Å². The van der Waals surface area contributed by atoms with Crippen molar-refractivity contribution < 1.29 is 23.4 Å². The minimum absolute atomic E-state index is 0.0858. The maximum Gasteiger partial charge on any atom is 0.291 e. The standard InChI is InChI=1S/C32H31NO6/c1-3-36-27-17-22(12-14-26(27)38-19-21-8-5-4-6-9-21)29-28-30(34)24-16-20(2)11-13-25(24)39-31(28)32(35)33(29)18-23-10-7-15-37-23/h4-6,8-9,11-14,16-17,23,29H,3,7,10,15,18-19H2,1-2H3. The molecule has 0 saturated carbocycles. The molecule has 0 radical (unpaired) electrons. The number of aryl methyl sites for hydroxylation is 1. The molecule has 6 rings (SSSR count). The van der Waals surface area contributed by atoms with Gasteiger partial charge in [-0.2, -0.15) is 0 Å². The van der Waals surface area contributed by atoms with Crippen molar-refractivity contribution in [2.24, 2.45) is 0 Å². The summed E-state index contributed by atoms with van der Waals surface area (Å²) >= 11 is 0. The zero-order valence-corrected chi connectivity index (χ0v) is 22.1. The zero-order chi connectivity index (χ0) is 26.9. The summed E-state index contributed by atoms with van der Waals surface area (Å²) in [6, 6.07) is 20.4. The number of ether oxygens (including phenoxy) is 3. The third kappa shape index (κ3) is 4.79. The molecule has 1 saturated heterocycles. The second-order valence-corrected chi connectivity index (χ2v) is 10.1. The Kier molecular flexibility index (Phi) is 6.83. The summed E-state index contributed by atoms with van der Waals surface area (Å²) in [5.41, 5.74) is 3.33. The molecule has 200 valence electrons. The van der Waals surface area contributed by atoms with Gasteiger partial charge in [0.05, 0.1) is 29.7 Å². The molecule has 2 aliphatic heterocycles. The Bertz CT molecular complexity index is 1570. The summed E-state index contributed by atoms with van der Waals surface area (Å²) < 4.78 is 24.1. The monoisotopic (exact) mass is 525 g/mol. The van der Waals surface area contributed by atoms with E-state index in [0.29, 0.717) is 54.4 Å². The number of rotatable bonds is 8. The van der Waals surface area contributed by atoms with E-state index in [1.54, 1.807) is 11.0 Å². The van der Waals surface area contributed by atoms with Crippen molar-refractivity contribution in [3.8, 4) is 11.5 Å². The van der Waals surface area contributed by atoms with E-state index in [0.717, 1.165) is 29.5 Å². The second-order valence-electron chi connectivity index (χ2n) is 10.1. The van der Waals surface area contributed by atoms with Gasteiger partial charge < -0.3 is 23.5 Å². The quantitative estimate of drug-likeness (QED) is 0.289. The Balaban J connectivity index is 1.44. The van der Waals surface area contributed by atoms with Crippen molar-refractivity contribution in [1.82, 2.24) is 4.90 Å². The van der Waals surface area contributed by atoms with E-state index < -0.39 is 6.04 Å². The summed E-state index contributed by atoms with van der Waals surface area (Å²) in [5.74, 6) is 0.958. The van der Waals surface area contributed by atoms with Crippen molar-refractivity contribution in [3.63, 3.8) is 0 Å². The van der Waals surface area contributed by atoms with E-state index in [1.165, 1.54) is 0 Å². The average Bonchev–Trinajstić information content (AvgIpc) is 3.56. The van der Waals surface area contributed by atoms with Crippen LogP contribution in [0.3, 0.4) is 0 Å². The third-order valence-electron chi connectivity index (χ3n) is 7.37. The van der Waals surface area contributed by atoms with Gasteiger partial charge in [0.1, 0.15) is 12.2 Å². The van der Waals surface area contributed by atoms with Crippen molar-refractivity contribution in [1.29, 1.82) is 0 Å². The fourth-order valence-corrected chi connectivity index (χ4v) is 5.49. The average molecular weight is 526 g/mol. The summed E-state index contributed by atoms with van der Waals surface area (Å²) in [6.07, 6.45) is 1.73. The molecule has 4 aromatic rings. The van der Waals surface area contributed by atoms with Gasteiger partial charge >= 0.3 is 0 Å². The molecule has 39 heavy (non-hydrogen) atoms. The number of hydrogen-bond donors (Lipinski definition) is 0. The lowest BCUT2D eigenvalue weighted by Crippen LogP contribution is -2.36. The van der Waals surface area contributed by atoms with E-state index in [9.17, 15) is 9.59 Å². The van der Waals surface area contributed by atoms with Crippen LogP contribution >= 0.6 is 0 Å². The highest BCUT2D eigenvalue weighted by molar-refractivity contribution is 5.99. The topological polar surface area (TPSA) is 78.2 Å². The van der Waals surface area contributed by atoms with Gasteiger partial charge in [0.25, 0.3) is 5.91 Å². The number of carbonyl (C=O) groups is 1. The van der Waals surface area contributed by atoms with E-state index in [1.807, 2.05) is 74.5 Å².